The fraction of sp³-hybridized carbons (Fsp3) is 0.0169. The third-order valence-corrected chi connectivity index (χ3v) is 11.5. The molecule has 0 aliphatic rings. The molecule has 69 heavy (non-hydrogen) atoms. The molecule has 0 atom stereocenters. The number of rotatable bonds is 14. The molecular formula is C59H38N6O4. The maximum atomic E-state index is 14.2. The number of hydrogen-bond donors (Lipinski definition) is 0. The lowest BCUT2D eigenvalue weighted by Gasteiger charge is -2.10. The summed E-state index contributed by atoms with van der Waals surface area (Å²) in [5.41, 5.74) is 8.68. The van der Waals surface area contributed by atoms with E-state index in [1.165, 1.54) is 0 Å². The van der Waals surface area contributed by atoms with Crippen molar-refractivity contribution < 1.29 is 19.2 Å². The van der Waals surface area contributed by atoms with E-state index in [0.29, 0.717) is 0 Å². The lowest BCUT2D eigenvalue weighted by atomic mass is 10.0. The Bertz CT molecular complexity index is 3020. The molecule has 10 aromatic rings. The van der Waals surface area contributed by atoms with Crippen LogP contribution in [0.25, 0.3) is 44.5 Å². The number of carbonyl (C=O) groups excluding carboxylic acids is 4. The summed E-state index contributed by atoms with van der Waals surface area (Å²) in [7, 11) is 0. The van der Waals surface area contributed by atoms with Crippen LogP contribution in [0, 0.1) is 0 Å². The van der Waals surface area contributed by atoms with Gasteiger partial charge in [0.1, 0.15) is 11.6 Å². The van der Waals surface area contributed by atoms with Gasteiger partial charge in [-0.3, -0.25) is 19.2 Å². The molecule has 328 valence electrons. The van der Waals surface area contributed by atoms with Crippen LogP contribution in [0.1, 0.15) is 76.4 Å². The van der Waals surface area contributed by atoms with Crippen LogP contribution in [0.4, 0.5) is 0 Å². The molecule has 0 fully saturated rings. The molecule has 2 heterocycles. The van der Waals surface area contributed by atoms with Crippen molar-refractivity contribution in [2.24, 2.45) is 0 Å². The molecule has 8 aromatic carbocycles. The summed E-state index contributed by atoms with van der Waals surface area (Å²) < 4.78 is 0. The lowest BCUT2D eigenvalue weighted by Crippen LogP contribution is -2.20. The van der Waals surface area contributed by atoms with Gasteiger partial charge in [-0.1, -0.05) is 218 Å². The van der Waals surface area contributed by atoms with Crippen molar-refractivity contribution in [3.8, 4) is 44.5 Å². The van der Waals surface area contributed by atoms with E-state index in [4.69, 9.17) is 0 Å². The molecule has 0 amide bonds. The van der Waals surface area contributed by atoms with E-state index in [1.807, 2.05) is 170 Å². The largest absolute Gasteiger partial charge is 0.285 e. The molecule has 0 saturated carbocycles. The minimum atomic E-state index is -0.549. The first kappa shape index (κ1) is 43.4. The van der Waals surface area contributed by atoms with Gasteiger partial charge in [0, 0.05) is 22.3 Å². The lowest BCUT2D eigenvalue weighted by molar-refractivity contribution is 0.100. The molecule has 10 nitrogen and oxygen atoms in total. The topological polar surface area (TPSA) is 146 Å². The normalized spacial score (nSPS) is 10.9. The zero-order valence-electron chi connectivity index (χ0n) is 36.8. The van der Waals surface area contributed by atoms with Crippen molar-refractivity contribution in [2.45, 2.75) is 6.42 Å². The Balaban J connectivity index is 1.03. The second-order valence-corrected chi connectivity index (χ2v) is 16.1. The Morgan fingerprint density at radius 3 is 0.623 bits per heavy atom. The van der Waals surface area contributed by atoms with E-state index < -0.39 is 23.1 Å². The van der Waals surface area contributed by atoms with E-state index in [0.717, 1.165) is 44.5 Å². The molecule has 0 aliphatic heterocycles. The molecule has 0 N–H and O–H groups in total. The van der Waals surface area contributed by atoms with Crippen molar-refractivity contribution in [1.29, 1.82) is 0 Å². The first-order valence-corrected chi connectivity index (χ1v) is 22.1. The van der Waals surface area contributed by atoms with Crippen molar-refractivity contribution in [3.63, 3.8) is 0 Å². The highest BCUT2D eigenvalue weighted by molar-refractivity contribution is 6.10. The second kappa shape index (κ2) is 19.5. The average Bonchev–Trinajstić information content (AvgIpc) is 3.43. The van der Waals surface area contributed by atoms with Crippen LogP contribution in [-0.2, 0) is 6.42 Å². The van der Waals surface area contributed by atoms with Crippen molar-refractivity contribution in [3.05, 3.63) is 276 Å². The van der Waals surface area contributed by atoms with Gasteiger partial charge in [0.2, 0.25) is 46.4 Å². The van der Waals surface area contributed by atoms with Crippen molar-refractivity contribution >= 4 is 23.1 Å². The molecule has 2 aromatic heterocycles. The highest BCUT2D eigenvalue weighted by Gasteiger charge is 2.25. The molecule has 0 spiro atoms. The first-order valence-electron chi connectivity index (χ1n) is 22.1. The minimum absolute atomic E-state index is 0.0408. The molecule has 0 radical (unpaired) electrons. The second-order valence-electron chi connectivity index (χ2n) is 16.1. The Morgan fingerprint density at radius 2 is 0.420 bits per heavy atom. The number of nitrogens with zero attached hydrogens (tertiary/aromatic N) is 6. The molecule has 0 bridgehead atoms. The van der Waals surface area contributed by atoms with Crippen LogP contribution >= 0.6 is 0 Å². The van der Waals surface area contributed by atoms with E-state index >= 15 is 0 Å². The predicted molar refractivity (Wildman–Crippen MR) is 264 cm³/mol. The fourth-order valence-corrected chi connectivity index (χ4v) is 7.84. The van der Waals surface area contributed by atoms with Gasteiger partial charge >= 0.3 is 0 Å². The van der Waals surface area contributed by atoms with Crippen LogP contribution < -0.4 is 0 Å². The third-order valence-electron chi connectivity index (χ3n) is 11.5. The summed E-state index contributed by atoms with van der Waals surface area (Å²) >= 11 is 0. The molecule has 0 saturated heterocycles. The highest BCUT2D eigenvalue weighted by atomic mass is 16.1. The Labute approximate surface area is 397 Å². The summed E-state index contributed by atoms with van der Waals surface area (Å²) in [6.45, 7) is 0. The molecule has 10 rings (SSSR count). The van der Waals surface area contributed by atoms with E-state index in [9.17, 15) is 19.2 Å². The number of carbonyl (C=O) groups is 4. The Kier molecular flexibility index (Phi) is 12.3. The third kappa shape index (κ3) is 9.72. The highest BCUT2D eigenvalue weighted by Crippen LogP contribution is 2.25. The molecule has 10 heteroatoms. The van der Waals surface area contributed by atoms with Gasteiger partial charge in [-0.2, -0.15) is 0 Å². The maximum absolute atomic E-state index is 14.2. The summed E-state index contributed by atoms with van der Waals surface area (Å²) in [6.07, 6.45) is -0.300. The van der Waals surface area contributed by atoms with E-state index in [1.54, 1.807) is 48.5 Å². The summed E-state index contributed by atoms with van der Waals surface area (Å²) in [4.78, 5) is 84.1. The summed E-state index contributed by atoms with van der Waals surface area (Å²) in [6, 6.07) is 67.1. The quantitative estimate of drug-likeness (QED) is 0.0967. The van der Waals surface area contributed by atoms with E-state index in [2.05, 4.69) is 29.9 Å². The summed E-state index contributed by atoms with van der Waals surface area (Å²) in [5, 5.41) is 0. The standard InChI is InChI=1S/C59H38N6O4/c66-52(46-29-21-42(22-30-46)38-13-5-1-6-14-38)56-60-50(61-57(64-56)53(67)47-31-23-43(24-32-47)39-15-7-2-8-16-39)37-51-62-58(54(68)48-33-25-44(26-34-48)40-17-9-3-10-18-40)65-59(63-51)55(69)49-35-27-45(28-36-49)41-19-11-4-12-20-41/h1-36H,37H2. The van der Waals surface area contributed by atoms with Crippen molar-refractivity contribution in [1.82, 2.24) is 29.9 Å². The van der Waals surface area contributed by atoms with E-state index in [-0.39, 0.29) is 63.6 Å². The first-order chi connectivity index (χ1) is 33.8. The van der Waals surface area contributed by atoms with Gasteiger partial charge in [-0.15, -0.1) is 0 Å². The Morgan fingerprint density at radius 1 is 0.232 bits per heavy atom. The average molecular weight is 895 g/mol. The number of hydrogen-bond acceptors (Lipinski definition) is 10. The van der Waals surface area contributed by atoms with Crippen LogP contribution in [-0.4, -0.2) is 53.0 Å². The maximum Gasteiger partial charge on any atom is 0.230 e. The number of aromatic nitrogens is 6. The van der Waals surface area contributed by atoms with Crippen molar-refractivity contribution in [2.75, 3.05) is 0 Å². The van der Waals surface area contributed by atoms with Gasteiger partial charge in [-0.25, -0.2) is 29.9 Å². The van der Waals surface area contributed by atoms with Gasteiger partial charge in [0.15, 0.2) is 0 Å². The van der Waals surface area contributed by atoms with Crippen LogP contribution in [0.5, 0.6) is 0 Å². The summed E-state index contributed by atoms with van der Waals surface area (Å²) in [5.74, 6) is -3.41. The van der Waals surface area contributed by atoms with Crippen LogP contribution in [0.3, 0.4) is 0 Å². The SMILES string of the molecule is O=C(c1ccc(-c2ccccc2)cc1)c1nc(Cc2nc(C(=O)c3ccc(-c4ccccc4)cc3)nc(C(=O)c3ccc(-c4ccccc4)cc3)n2)nc(C(=O)c2ccc(-c3ccccc3)cc2)n1. The fourth-order valence-electron chi connectivity index (χ4n) is 7.84. The van der Waals surface area contributed by atoms with Crippen LogP contribution in [0.2, 0.25) is 0 Å². The van der Waals surface area contributed by atoms with Gasteiger partial charge in [0.25, 0.3) is 0 Å². The predicted octanol–water partition coefficient (Wildman–Crippen LogP) is 11.2. The van der Waals surface area contributed by atoms with Gasteiger partial charge < -0.3 is 0 Å². The minimum Gasteiger partial charge on any atom is -0.285 e. The zero-order valence-corrected chi connectivity index (χ0v) is 36.8. The van der Waals surface area contributed by atoms with Gasteiger partial charge in [-0.05, 0) is 44.5 Å². The Hall–Kier alpha value is -9.54. The number of benzene rings is 8. The van der Waals surface area contributed by atoms with Gasteiger partial charge in [0.05, 0.1) is 6.42 Å². The zero-order chi connectivity index (χ0) is 47.1. The van der Waals surface area contributed by atoms with Crippen LogP contribution in [0.15, 0.2) is 218 Å². The smallest absolute Gasteiger partial charge is 0.230 e. The molecule has 0 aliphatic carbocycles. The molecule has 0 unspecified atom stereocenters. The molecular weight excluding hydrogens is 857 g/mol. The monoisotopic (exact) mass is 894 g/mol. The number of ketones is 4.